The Bertz CT molecular complexity index is 338. The lowest BCUT2D eigenvalue weighted by molar-refractivity contribution is -0.118. The Labute approximate surface area is 104 Å². The van der Waals surface area contributed by atoms with E-state index in [0.29, 0.717) is 11.4 Å². The highest BCUT2D eigenvalue weighted by molar-refractivity contribution is 9.09. The minimum Gasteiger partial charge on any atom is -0.298 e. The fraction of sp³-hybridized carbons (Fsp3) is 0.417. The summed E-state index contributed by atoms with van der Waals surface area (Å²) in [5.74, 6) is 0.199. The Hall–Kier alpha value is -0.340. The largest absolute Gasteiger partial charge is 0.298 e. The van der Waals surface area contributed by atoms with E-state index in [9.17, 15) is 4.79 Å². The van der Waals surface area contributed by atoms with Crippen molar-refractivity contribution >= 4 is 33.3 Å². The highest BCUT2D eigenvalue weighted by Gasteiger charge is 2.18. The van der Waals surface area contributed by atoms with Gasteiger partial charge in [-0.1, -0.05) is 59.1 Å². The minimum absolute atomic E-state index is 0.199. The number of benzene rings is 1. The van der Waals surface area contributed by atoms with Crippen molar-refractivity contribution in [1.82, 2.24) is 0 Å². The smallest absolute Gasteiger partial charge is 0.150 e. The maximum atomic E-state index is 11.7. The molecule has 0 saturated heterocycles. The number of hydrogen-bond acceptors (Lipinski definition) is 1. The van der Waals surface area contributed by atoms with Crippen LogP contribution in [0, 0.1) is 0 Å². The first-order chi connectivity index (χ1) is 7.16. The van der Waals surface area contributed by atoms with Crippen molar-refractivity contribution in [3.63, 3.8) is 0 Å². The van der Waals surface area contributed by atoms with Crippen molar-refractivity contribution in [1.29, 1.82) is 0 Å². The average molecular weight is 290 g/mol. The van der Waals surface area contributed by atoms with Crippen LogP contribution in [0.4, 0.5) is 0 Å². The number of rotatable bonds is 5. The van der Waals surface area contributed by atoms with E-state index in [1.807, 2.05) is 18.2 Å². The van der Waals surface area contributed by atoms with Crippen LogP contribution in [-0.4, -0.2) is 5.78 Å². The predicted molar refractivity (Wildman–Crippen MR) is 67.7 cm³/mol. The van der Waals surface area contributed by atoms with Gasteiger partial charge in [0.1, 0.15) is 0 Å². The van der Waals surface area contributed by atoms with Crippen molar-refractivity contribution in [2.75, 3.05) is 0 Å². The van der Waals surface area contributed by atoms with Crippen molar-refractivity contribution in [3.05, 3.63) is 34.9 Å². The van der Waals surface area contributed by atoms with Crippen LogP contribution in [0.2, 0.25) is 5.02 Å². The fourth-order valence-electron chi connectivity index (χ4n) is 1.33. The number of hydrogen-bond donors (Lipinski definition) is 0. The van der Waals surface area contributed by atoms with Gasteiger partial charge in [-0.3, -0.25) is 4.79 Å². The number of halogens is 2. The van der Waals surface area contributed by atoms with Crippen molar-refractivity contribution < 1.29 is 4.79 Å². The van der Waals surface area contributed by atoms with Gasteiger partial charge in [-0.25, -0.2) is 0 Å². The number of carbonyl (C=O) groups excluding carboxylic acids is 1. The van der Waals surface area contributed by atoms with Crippen molar-refractivity contribution in [2.45, 2.75) is 31.0 Å². The lowest BCUT2D eigenvalue weighted by Crippen LogP contribution is -2.06. The summed E-state index contributed by atoms with van der Waals surface area (Å²) in [5, 5.41) is 0.643. The molecule has 0 aliphatic heterocycles. The van der Waals surface area contributed by atoms with E-state index in [1.165, 1.54) is 0 Å². The molecule has 0 fully saturated rings. The zero-order valence-corrected chi connectivity index (χ0v) is 11.0. The number of carbonyl (C=O) groups is 1. The van der Waals surface area contributed by atoms with Gasteiger partial charge in [0.05, 0.1) is 4.83 Å². The highest BCUT2D eigenvalue weighted by atomic mass is 79.9. The molecule has 0 aliphatic rings. The van der Waals surface area contributed by atoms with E-state index in [1.54, 1.807) is 6.07 Å². The number of alkyl halides is 1. The van der Waals surface area contributed by atoms with Crippen LogP contribution in [0.15, 0.2) is 24.3 Å². The quantitative estimate of drug-likeness (QED) is 0.728. The van der Waals surface area contributed by atoms with E-state index in [2.05, 4.69) is 22.9 Å². The monoisotopic (exact) mass is 288 g/mol. The average Bonchev–Trinajstić information content (AvgIpc) is 2.25. The molecule has 15 heavy (non-hydrogen) atoms. The van der Waals surface area contributed by atoms with E-state index in [-0.39, 0.29) is 10.6 Å². The number of ketones is 1. The molecule has 1 rings (SSSR count). The zero-order valence-electron chi connectivity index (χ0n) is 8.67. The SMILES string of the molecule is CCCCC(=O)C(Br)c1ccccc1Cl. The van der Waals surface area contributed by atoms with Crippen molar-refractivity contribution in [3.8, 4) is 0 Å². The molecule has 0 amide bonds. The van der Waals surface area contributed by atoms with Crippen molar-refractivity contribution in [2.24, 2.45) is 0 Å². The Kier molecular flexibility index (Phi) is 5.34. The Morgan fingerprint density at radius 1 is 1.47 bits per heavy atom. The first-order valence-corrected chi connectivity index (χ1v) is 6.37. The third-order valence-corrected chi connectivity index (χ3v) is 3.59. The normalized spacial score (nSPS) is 12.5. The molecular formula is C12H14BrClO. The molecule has 1 aromatic carbocycles. The first-order valence-electron chi connectivity index (χ1n) is 5.08. The maximum Gasteiger partial charge on any atom is 0.150 e. The van der Waals surface area contributed by atoms with Crippen LogP contribution < -0.4 is 0 Å². The van der Waals surface area contributed by atoms with Gasteiger partial charge in [0.25, 0.3) is 0 Å². The summed E-state index contributed by atoms with van der Waals surface area (Å²) in [6, 6.07) is 7.44. The molecule has 0 radical (unpaired) electrons. The molecule has 0 spiro atoms. The van der Waals surface area contributed by atoms with Crippen LogP contribution in [0.3, 0.4) is 0 Å². The first kappa shape index (κ1) is 12.7. The molecule has 0 heterocycles. The lowest BCUT2D eigenvalue weighted by Gasteiger charge is -2.10. The molecule has 0 saturated carbocycles. The molecule has 3 heteroatoms. The van der Waals surface area contributed by atoms with Gasteiger partial charge in [0.2, 0.25) is 0 Å². The molecule has 0 N–H and O–H groups in total. The van der Waals surface area contributed by atoms with E-state index >= 15 is 0 Å². The molecule has 1 unspecified atom stereocenters. The fourth-order valence-corrected chi connectivity index (χ4v) is 2.34. The summed E-state index contributed by atoms with van der Waals surface area (Å²) in [4.78, 5) is 11.5. The topological polar surface area (TPSA) is 17.1 Å². The minimum atomic E-state index is -0.266. The molecule has 82 valence electrons. The van der Waals surface area contributed by atoms with Gasteiger partial charge >= 0.3 is 0 Å². The summed E-state index contributed by atoms with van der Waals surface area (Å²) in [6.07, 6.45) is 2.58. The lowest BCUT2D eigenvalue weighted by atomic mass is 10.0. The van der Waals surface area contributed by atoms with E-state index in [4.69, 9.17) is 11.6 Å². The van der Waals surface area contributed by atoms with Gasteiger partial charge in [-0.2, -0.15) is 0 Å². The third-order valence-electron chi connectivity index (χ3n) is 2.24. The Balaban J connectivity index is 2.72. The number of unbranched alkanes of at least 4 members (excludes halogenated alkanes) is 1. The second-order valence-corrected chi connectivity index (χ2v) is 4.78. The molecule has 0 aromatic heterocycles. The maximum absolute atomic E-state index is 11.7. The second kappa shape index (κ2) is 6.29. The molecule has 1 atom stereocenters. The van der Waals surface area contributed by atoms with Gasteiger partial charge in [-0.15, -0.1) is 0 Å². The van der Waals surface area contributed by atoms with Crippen LogP contribution in [-0.2, 0) is 4.79 Å². The van der Waals surface area contributed by atoms with Crippen LogP contribution >= 0.6 is 27.5 Å². The van der Waals surface area contributed by atoms with Gasteiger partial charge in [0, 0.05) is 11.4 Å². The molecule has 1 aromatic rings. The Morgan fingerprint density at radius 2 is 2.13 bits per heavy atom. The predicted octanol–water partition coefficient (Wildman–Crippen LogP) is 4.54. The molecule has 0 aliphatic carbocycles. The molecule has 1 nitrogen and oxygen atoms in total. The summed E-state index contributed by atoms with van der Waals surface area (Å²) in [7, 11) is 0. The number of Topliss-reactive ketones (excluding diaryl/α,β-unsaturated/α-hetero) is 1. The van der Waals surface area contributed by atoms with Gasteiger partial charge in [-0.05, 0) is 18.1 Å². The molecular weight excluding hydrogens is 275 g/mol. The van der Waals surface area contributed by atoms with E-state index in [0.717, 1.165) is 18.4 Å². The summed E-state index contributed by atoms with van der Waals surface area (Å²) >= 11 is 9.41. The van der Waals surface area contributed by atoms with Gasteiger partial charge in [0.15, 0.2) is 5.78 Å². The van der Waals surface area contributed by atoms with Crippen LogP contribution in [0.25, 0.3) is 0 Å². The summed E-state index contributed by atoms with van der Waals surface area (Å²) in [6.45, 7) is 2.08. The van der Waals surface area contributed by atoms with Gasteiger partial charge < -0.3 is 0 Å². The molecule has 0 bridgehead atoms. The summed E-state index contributed by atoms with van der Waals surface area (Å²) < 4.78 is 0. The second-order valence-electron chi connectivity index (χ2n) is 3.45. The van der Waals surface area contributed by atoms with Crippen LogP contribution in [0.5, 0.6) is 0 Å². The zero-order chi connectivity index (χ0) is 11.3. The Morgan fingerprint density at radius 3 is 2.73 bits per heavy atom. The highest BCUT2D eigenvalue weighted by Crippen LogP contribution is 2.31. The third kappa shape index (κ3) is 3.62. The standard InChI is InChI=1S/C12H14BrClO/c1-2-3-8-11(15)12(13)9-6-4-5-7-10(9)14/h4-7,12H,2-3,8H2,1H3. The van der Waals surface area contributed by atoms with Crippen LogP contribution in [0.1, 0.15) is 36.6 Å². The summed E-state index contributed by atoms with van der Waals surface area (Å²) in [5.41, 5.74) is 0.861. The van der Waals surface area contributed by atoms with E-state index < -0.39 is 0 Å².